The van der Waals surface area contributed by atoms with Crippen LogP contribution in [-0.4, -0.2) is 47.8 Å². The first-order valence-electron chi connectivity index (χ1n) is 9.55. The van der Waals surface area contributed by atoms with E-state index in [0.29, 0.717) is 26.2 Å². The maximum Gasteiger partial charge on any atom is 0.235 e. The zero-order valence-electron chi connectivity index (χ0n) is 16.2. The molecule has 0 bridgehead atoms. The van der Waals surface area contributed by atoms with Crippen molar-refractivity contribution in [3.05, 3.63) is 0 Å². The van der Waals surface area contributed by atoms with Crippen molar-refractivity contribution >= 4 is 11.8 Å². The molecule has 0 aromatic heterocycles. The van der Waals surface area contributed by atoms with Crippen LogP contribution >= 0.6 is 0 Å². The van der Waals surface area contributed by atoms with E-state index in [1.54, 1.807) is 9.80 Å². The Morgan fingerprint density at radius 3 is 1.52 bits per heavy atom. The largest absolute Gasteiger partial charge is 0.343 e. The molecule has 1 atom stereocenters. The quantitative estimate of drug-likeness (QED) is 0.402. The number of nitrogens with zero attached hydrogens (tertiary/aromatic N) is 2. The molecule has 0 aliphatic carbocycles. The Bertz CT molecular complexity index is 312. The maximum atomic E-state index is 12.9. The van der Waals surface area contributed by atoms with Crippen LogP contribution in [0.2, 0.25) is 0 Å². The van der Waals surface area contributed by atoms with Gasteiger partial charge in [-0.05, 0) is 40.0 Å². The molecule has 0 heterocycles. The minimum atomic E-state index is -0.517. The van der Waals surface area contributed by atoms with Crippen LogP contribution in [0.15, 0.2) is 0 Å². The molecule has 0 aliphatic heterocycles. The van der Waals surface area contributed by atoms with Gasteiger partial charge in [0.2, 0.25) is 11.8 Å². The van der Waals surface area contributed by atoms with E-state index in [2.05, 4.69) is 13.8 Å². The molecule has 0 aromatic carbocycles. The number of rotatable bonds is 12. The van der Waals surface area contributed by atoms with Crippen molar-refractivity contribution in [2.45, 2.75) is 73.6 Å². The van der Waals surface area contributed by atoms with Crippen molar-refractivity contribution in [3.8, 4) is 0 Å². The van der Waals surface area contributed by atoms with E-state index in [0.717, 1.165) is 12.8 Å². The Kier molecular flexibility index (Phi) is 11.8. The molecule has 0 saturated carbocycles. The molecule has 2 amide bonds. The van der Waals surface area contributed by atoms with Crippen LogP contribution in [0, 0.1) is 11.8 Å². The number of carbonyl (C=O) groups excluding carboxylic acids is 2. The van der Waals surface area contributed by atoms with Crippen LogP contribution in [0.5, 0.6) is 0 Å². The fourth-order valence-corrected chi connectivity index (χ4v) is 3.12. The topological polar surface area (TPSA) is 40.6 Å². The fourth-order valence-electron chi connectivity index (χ4n) is 3.12. The van der Waals surface area contributed by atoms with Gasteiger partial charge in [0.15, 0.2) is 0 Å². The maximum absolute atomic E-state index is 12.9. The Morgan fingerprint density at radius 2 is 1.17 bits per heavy atom. The summed E-state index contributed by atoms with van der Waals surface area (Å²) in [5, 5.41) is 0. The Morgan fingerprint density at radius 1 is 0.739 bits per heavy atom. The summed E-state index contributed by atoms with van der Waals surface area (Å²) in [7, 11) is 0. The summed E-state index contributed by atoms with van der Waals surface area (Å²) in [6.45, 7) is 14.8. The highest BCUT2D eigenvalue weighted by Gasteiger charge is 2.36. The van der Waals surface area contributed by atoms with Gasteiger partial charge in [-0.3, -0.25) is 9.59 Å². The van der Waals surface area contributed by atoms with Gasteiger partial charge in [0, 0.05) is 26.2 Å². The minimum Gasteiger partial charge on any atom is -0.343 e. The highest BCUT2D eigenvalue weighted by atomic mass is 16.2. The lowest BCUT2D eigenvalue weighted by Gasteiger charge is -2.32. The van der Waals surface area contributed by atoms with E-state index in [1.807, 2.05) is 27.7 Å². The standard InChI is InChI=1S/C19H38N2O2/c1-7-12-13-14-15-16(6)17(18(22)20(8-2)9-3)19(23)21(10-4)11-5/h16-17H,7-15H2,1-6H3. The summed E-state index contributed by atoms with van der Waals surface area (Å²) in [5.41, 5.74) is 0. The minimum absolute atomic E-state index is 0.00916. The van der Waals surface area contributed by atoms with Gasteiger partial charge in [0.05, 0.1) is 0 Å². The summed E-state index contributed by atoms with van der Waals surface area (Å²) < 4.78 is 0. The molecule has 0 saturated heterocycles. The van der Waals surface area contributed by atoms with E-state index in [-0.39, 0.29) is 17.7 Å². The monoisotopic (exact) mass is 326 g/mol. The Balaban J connectivity index is 5.12. The van der Waals surface area contributed by atoms with E-state index in [9.17, 15) is 9.59 Å². The van der Waals surface area contributed by atoms with Crippen LogP contribution in [0.1, 0.15) is 73.6 Å². The molecule has 0 rings (SSSR count). The van der Waals surface area contributed by atoms with Gasteiger partial charge in [-0.2, -0.15) is 0 Å². The first-order valence-corrected chi connectivity index (χ1v) is 9.55. The van der Waals surface area contributed by atoms with Crippen molar-refractivity contribution in [1.82, 2.24) is 9.80 Å². The third-order valence-corrected chi connectivity index (χ3v) is 4.76. The van der Waals surface area contributed by atoms with Crippen molar-refractivity contribution in [2.24, 2.45) is 11.8 Å². The van der Waals surface area contributed by atoms with Gasteiger partial charge in [0.1, 0.15) is 5.92 Å². The van der Waals surface area contributed by atoms with Crippen molar-refractivity contribution in [1.29, 1.82) is 0 Å². The highest BCUT2D eigenvalue weighted by Crippen LogP contribution is 2.24. The third-order valence-electron chi connectivity index (χ3n) is 4.76. The molecule has 136 valence electrons. The highest BCUT2D eigenvalue weighted by molar-refractivity contribution is 6.00. The van der Waals surface area contributed by atoms with E-state index < -0.39 is 5.92 Å². The number of carbonyl (C=O) groups is 2. The SMILES string of the molecule is CCCCCCC(C)C(C(=O)N(CC)CC)C(=O)N(CC)CC. The zero-order chi connectivity index (χ0) is 17.8. The third kappa shape index (κ3) is 6.92. The summed E-state index contributed by atoms with van der Waals surface area (Å²) in [6, 6.07) is 0. The van der Waals surface area contributed by atoms with E-state index in [1.165, 1.54) is 19.3 Å². The lowest BCUT2D eigenvalue weighted by molar-refractivity contribution is -0.149. The van der Waals surface area contributed by atoms with E-state index >= 15 is 0 Å². The van der Waals surface area contributed by atoms with Crippen LogP contribution < -0.4 is 0 Å². The normalized spacial score (nSPS) is 12.3. The molecular weight excluding hydrogens is 288 g/mol. The molecule has 0 N–H and O–H groups in total. The van der Waals surface area contributed by atoms with Gasteiger partial charge >= 0.3 is 0 Å². The summed E-state index contributed by atoms with van der Waals surface area (Å²) in [4.78, 5) is 29.4. The molecule has 0 fully saturated rings. The average molecular weight is 327 g/mol. The van der Waals surface area contributed by atoms with Gasteiger partial charge in [0.25, 0.3) is 0 Å². The summed E-state index contributed by atoms with van der Waals surface area (Å²) in [5.74, 6) is -0.394. The number of hydrogen-bond donors (Lipinski definition) is 0. The number of amides is 2. The molecule has 0 spiro atoms. The smallest absolute Gasteiger partial charge is 0.235 e. The summed E-state index contributed by atoms with van der Waals surface area (Å²) >= 11 is 0. The zero-order valence-corrected chi connectivity index (χ0v) is 16.2. The first-order chi connectivity index (χ1) is 11.0. The molecule has 1 unspecified atom stereocenters. The second-order valence-corrected chi connectivity index (χ2v) is 6.33. The molecule has 23 heavy (non-hydrogen) atoms. The van der Waals surface area contributed by atoms with Gasteiger partial charge in [-0.25, -0.2) is 0 Å². The summed E-state index contributed by atoms with van der Waals surface area (Å²) in [6.07, 6.45) is 5.67. The average Bonchev–Trinajstić information content (AvgIpc) is 2.54. The number of unbranched alkanes of at least 4 members (excludes halogenated alkanes) is 3. The molecule has 4 heteroatoms. The van der Waals surface area contributed by atoms with Crippen LogP contribution in [0.4, 0.5) is 0 Å². The van der Waals surface area contributed by atoms with Crippen LogP contribution in [-0.2, 0) is 9.59 Å². The molecule has 0 aromatic rings. The Labute approximate surface area is 143 Å². The van der Waals surface area contributed by atoms with E-state index in [4.69, 9.17) is 0 Å². The molecular formula is C19H38N2O2. The van der Waals surface area contributed by atoms with Gasteiger partial charge < -0.3 is 9.80 Å². The van der Waals surface area contributed by atoms with Crippen LogP contribution in [0.25, 0.3) is 0 Å². The van der Waals surface area contributed by atoms with Crippen molar-refractivity contribution in [3.63, 3.8) is 0 Å². The lowest BCUT2D eigenvalue weighted by atomic mass is 9.86. The molecule has 0 radical (unpaired) electrons. The predicted octanol–water partition coefficient (Wildman–Crippen LogP) is 3.95. The van der Waals surface area contributed by atoms with Gasteiger partial charge in [-0.15, -0.1) is 0 Å². The second kappa shape index (κ2) is 12.4. The van der Waals surface area contributed by atoms with Crippen molar-refractivity contribution in [2.75, 3.05) is 26.2 Å². The van der Waals surface area contributed by atoms with Crippen molar-refractivity contribution < 1.29 is 9.59 Å². The number of hydrogen-bond acceptors (Lipinski definition) is 2. The second-order valence-electron chi connectivity index (χ2n) is 6.33. The predicted molar refractivity (Wildman–Crippen MR) is 97.3 cm³/mol. The lowest BCUT2D eigenvalue weighted by Crippen LogP contribution is -2.47. The Hall–Kier alpha value is -1.06. The van der Waals surface area contributed by atoms with Gasteiger partial charge in [-0.1, -0.05) is 39.5 Å². The molecule has 0 aliphatic rings. The first kappa shape index (κ1) is 21.9. The fraction of sp³-hybridized carbons (Fsp3) is 0.895. The van der Waals surface area contributed by atoms with Crippen LogP contribution in [0.3, 0.4) is 0 Å². The molecule has 4 nitrogen and oxygen atoms in total.